The van der Waals surface area contributed by atoms with Crippen LogP contribution in [0.3, 0.4) is 0 Å². The fourth-order valence-electron chi connectivity index (χ4n) is 5.24. The number of carbonyl (C=O) groups excluding carboxylic acids is 1. The summed E-state index contributed by atoms with van der Waals surface area (Å²) in [7, 11) is 3.60. The zero-order chi connectivity index (χ0) is 26.6. The van der Waals surface area contributed by atoms with Crippen molar-refractivity contribution in [3.8, 4) is 11.5 Å². The van der Waals surface area contributed by atoms with Gasteiger partial charge in [-0.1, -0.05) is 54.6 Å². The molecular formula is C33H42N2O3. The van der Waals surface area contributed by atoms with E-state index in [9.17, 15) is 4.79 Å². The predicted molar refractivity (Wildman–Crippen MR) is 154 cm³/mol. The molecule has 1 atom stereocenters. The number of ketones is 1. The first kappa shape index (κ1) is 27.9. The van der Waals surface area contributed by atoms with Gasteiger partial charge in [-0.05, 0) is 93.7 Å². The molecule has 5 nitrogen and oxygen atoms in total. The van der Waals surface area contributed by atoms with Crippen molar-refractivity contribution in [3.63, 3.8) is 0 Å². The van der Waals surface area contributed by atoms with Crippen LogP contribution < -0.4 is 14.8 Å². The Balaban J connectivity index is 1.22. The lowest BCUT2D eigenvalue weighted by Gasteiger charge is -2.32. The van der Waals surface area contributed by atoms with Crippen LogP contribution >= 0.6 is 0 Å². The lowest BCUT2D eigenvalue weighted by atomic mass is 9.90. The van der Waals surface area contributed by atoms with Crippen LogP contribution in [0.2, 0.25) is 0 Å². The summed E-state index contributed by atoms with van der Waals surface area (Å²) in [6.45, 7) is 4.19. The summed E-state index contributed by atoms with van der Waals surface area (Å²) in [6, 6.07) is 26.4. The van der Waals surface area contributed by atoms with E-state index in [4.69, 9.17) is 9.47 Å². The van der Waals surface area contributed by atoms with Gasteiger partial charge in [-0.3, -0.25) is 9.69 Å². The molecule has 0 aliphatic carbocycles. The van der Waals surface area contributed by atoms with Gasteiger partial charge in [0, 0.05) is 24.9 Å². The zero-order valence-corrected chi connectivity index (χ0v) is 22.9. The van der Waals surface area contributed by atoms with Crippen LogP contribution in [0, 0.1) is 5.92 Å². The van der Waals surface area contributed by atoms with Gasteiger partial charge in [-0.25, -0.2) is 0 Å². The number of Topliss-reactive ketones (excluding diaryl/α,β-unsaturated/α-hetero) is 1. The number of piperidine rings is 1. The normalized spacial score (nSPS) is 15.2. The highest BCUT2D eigenvalue weighted by Gasteiger charge is 2.20. The maximum Gasteiger partial charge on any atom is 0.162 e. The molecule has 0 amide bonds. The number of hydrogen-bond donors (Lipinski definition) is 1. The van der Waals surface area contributed by atoms with E-state index in [2.05, 4.69) is 40.5 Å². The first-order valence-electron chi connectivity index (χ1n) is 14.0. The highest BCUT2D eigenvalue weighted by molar-refractivity contribution is 5.96. The van der Waals surface area contributed by atoms with E-state index in [0.29, 0.717) is 6.42 Å². The van der Waals surface area contributed by atoms with Gasteiger partial charge in [0.2, 0.25) is 0 Å². The van der Waals surface area contributed by atoms with Crippen LogP contribution in [0.25, 0.3) is 0 Å². The highest BCUT2D eigenvalue weighted by Crippen LogP contribution is 2.28. The first-order chi connectivity index (χ1) is 18.6. The maximum absolute atomic E-state index is 12.9. The molecule has 202 valence electrons. The Kier molecular flexibility index (Phi) is 10.8. The zero-order valence-electron chi connectivity index (χ0n) is 22.9. The van der Waals surface area contributed by atoms with Crippen molar-refractivity contribution in [3.05, 3.63) is 95.6 Å². The minimum atomic E-state index is -0.0900. The minimum Gasteiger partial charge on any atom is -0.497 e. The van der Waals surface area contributed by atoms with Crippen molar-refractivity contribution in [2.45, 2.75) is 51.2 Å². The summed E-state index contributed by atoms with van der Waals surface area (Å²) in [6.07, 6.45) is 5.94. The molecule has 1 fully saturated rings. The summed E-state index contributed by atoms with van der Waals surface area (Å²) < 4.78 is 11.5. The van der Waals surface area contributed by atoms with Gasteiger partial charge in [0.25, 0.3) is 0 Å². The minimum absolute atomic E-state index is 0.0900. The third kappa shape index (κ3) is 8.44. The summed E-state index contributed by atoms with van der Waals surface area (Å²) in [4.78, 5) is 15.4. The average molecular weight is 515 g/mol. The summed E-state index contributed by atoms with van der Waals surface area (Å²) >= 11 is 0. The molecule has 0 aromatic heterocycles. The molecule has 0 radical (unpaired) electrons. The fraction of sp³-hybridized carbons (Fsp3) is 0.424. The number of nitrogens with zero attached hydrogens (tertiary/aromatic N) is 1. The molecule has 38 heavy (non-hydrogen) atoms. The SMILES string of the molecule is CNCCC(Oc1ccc(OC)cc1)c1ccc(C(=O)CCCC2CCN(Cc3ccccc3)CC2)cc1. The molecule has 5 heteroatoms. The highest BCUT2D eigenvalue weighted by atomic mass is 16.5. The van der Waals surface area contributed by atoms with Crippen molar-refractivity contribution in [2.24, 2.45) is 5.92 Å². The molecule has 4 rings (SSSR count). The lowest BCUT2D eigenvalue weighted by Crippen LogP contribution is -2.33. The predicted octanol–water partition coefficient (Wildman–Crippen LogP) is 6.69. The van der Waals surface area contributed by atoms with E-state index in [1.807, 2.05) is 55.6 Å². The van der Waals surface area contributed by atoms with E-state index >= 15 is 0 Å². The third-order valence-electron chi connectivity index (χ3n) is 7.57. The lowest BCUT2D eigenvalue weighted by molar-refractivity contribution is 0.0974. The molecule has 3 aromatic rings. The van der Waals surface area contributed by atoms with Crippen LogP contribution in [-0.4, -0.2) is 44.5 Å². The van der Waals surface area contributed by atoms with Crippen LogP contribution in [0.1, 0.15) is 66.1 Å². The van der Waals surface area contributed by atoms with Gasteiger partial charge in [0.15, 0.2) is 5.78 Å². The summed E-state index contributed by atoms with van der Waals surface area (Å²) in [5.74, 6) is 2.58. The van der Waals surface area contributed by atoms with Crippen molar-refractivity contribution < 1.29 is 14.3 Å². The van der Waals surface area contributed by atoms with Gasteiger partial charge in [0.1, 0.15) is 17.6 Å². The van der Waals surface area contributed by atoms with Crippen LogP contribution in [0.15, 0.2) is 78.9 Å². The van der Waals surface area contributed by atoms with E-state index < -0.39 is 0 Å². The molecule has 3 aromatic carbocycles. The fourth-order valence-corrected chi connectivity index (χ4v) is 5.24. The molecular weight excluding hydrogens is 472 g/mol. The molecule has 1 heterocycles. The second-order valence-corrected chi connectivity index (χ2v) is 10.3. The first-order valence-corrected chi connectivity index (χ1v) is 14.0. The second-order valence-electron chi connectivity index (χ2n) is 10.3. The summed E-state index contributed by atoms with van der Waals surface area (Å²) in [5.41, 5.74) is 3.27. The Morgan fingerprint density at radius 1 is 0.947 bits per heavy atom. The Bertz CT molecular complexity index is 1090. The third-order valence-corrected chi connectivity index (χ3v) is 7.57. The van der Waals surface area contributed by atoms with Crippen molar-refractivity contribution in [1.82, 2.24) is 10.2 Å². The number of ether oxygens (including phenoxy) is 2. The van der Waals surface area contributed by atoms with E-state index in [1.165, 1.54) is 18.4 Å². The van der Waals surface area contributed by atoms with Crippen LogP contribution in [0.4, 0.5) is 0 Å². The second kappa shape index (κ2) is 14.7. The molecule has 0 spiro atoms. The molecule has 0 saturated carbocycles. The van der Waals surface area contributed by atoms with E-state index in [0.717, 1.165) is 74.0 Å². The number of benzene rings is 3. The van der Waals surface area contributed by atoms with Crippen molar-refractivity contribution in [1.29, 1.82) is 0 Å². The number of nitrogens with one attached hydrogen (secondary N) is 1. The molecule has 1 N–H and O–H groups in total. The van der Waals surface area contributed by atoms with Gasteiger partial charge >= 0.3 is 0 Å². The number of methoxy groups -OCH3 is 1. The van der Waals surface area contributed by atoms with Gasteiger partial charge < -0.3 is 14.8 Å². The molecule has 1 saturated heterocycles. The average Bonchev–Trinajstić information content (AvgIpc) is 2.97. The van der Waals surface area contributed by atoms with Gasteiger partial charge in [0.05, 0.1) is 7.11 Å². The Labute approximate surface area is 228 Å². The van der Waals surface area contributed by atoms with Crippen molar-refractivity contribution in [2.75, 3.05) is 33.8 Å². The Morgan fingerprint density at radius 2 is 1.63 bits per heavy atom. The van der Waals surface area contributed by atoms with Crippen LogP contribution in [0.5, 0.6) is 11.5 Å². The van der Waals surface area contributed by atoms with E-state index in [1.54, 1.807) is 7.11 Å². The molecule has 1 aliphatic rings. The smallest absolute Gasteiger partial charge is 0.162 e. The topological polar surface area (TPSA) is 50.8 Å². The maximum atomic E-state index is 12.9. The number of likely N-dealkylation sites (tertiary alicyclic amines) is 1. The molecule has 1 unspecified atom stereocenters. The molecule has 1 aliphatic heterocycles. The standard InChI is InChI=1S/C33H42N2O3/c1-34-22-19-33(38-31-17-15-30(37-2)16-18-31)29-13-11-28(12-14-29)32(36)10-6-9-26-20-23-35(24-21-26)25-27-7-4-3-5-8-27/h3-5,7-8,11-18,26,33-34H,6,9-10,19-25H2,1-2H3. The van der Waals surface area contributed by atoms with Crippen LogP contribution in [-0.2, 0) is 6.54 Å². The Morgan fingerprint density at radius 3 is 2.29 bits per heavy atom. The summed E-state index contributed by atoms with van der Waals surface area (Å²) in [5, 5.41) is 3.21. The van der Waals surface area contributed by atoms with E-state index in [-0.39, 0.29) is 11.9 Å². The Hall–Kier alpha value is -3.15. The monoisotopic (exact) mass is 514 g/mol. The largest absolute Gasteiger partial charge is 0.497 e. The molecule has 0 bridgehead atoms. The van der Waals surface area contributed by atoms with Crippen molar-refractivity contribution >= 4 is 5.78 Å². The number of rotatable bonds is 14. The quantitative estimate of drug-likeness (QED) is 0.243. The van der Waals surface area contributed by atoms with Gasteiger partial charge in [-0.2, -0.15) is 0 Å². The number of hydrogen-bond acceptors (Lipinski definition) is 5. The van der Waals surface area contributed by atoms with Gasteiger partial charge in [-0.15, -0.1) is 0 Å². The number of carbonyl (C=O) groups is 1.